The van der Waals surface area contributed by atoms with Crippen molar-refractivity contribution in [2.45, 2.75) is 6.54 Å². The molecule has 7 heteroatoms. The Labute approximate surface area is 134 Å². The van der Waals surface area contributed by atoms with Crippen molar-refractivity contribution in [2.75, 3.05) is 7.11 Å². The molecule has 0 spiro atoms. The number of methoxy groups -OCH3 is 1. The summed E-state index contributed by atoms with van der Waals surface area (Å²) in [5.74, 6) is -0.494. The summed E-state index contributed by atoms with van der Waals surface area (Å²) in [7, 11) is 1.28. The second-order valence-electron chi connectivity index (χ2n) is 4.59. The van der Waals surface area contributed by atoms with E-state index in [1.54, 1.807) is 12.1 Å². The van der Waals surface area contributed by atoms with Crippen molar-refractivity contribution < 1.29 is 9.53 Å². The third-order valence-electron chi connectivity index (χ3n) is 3.24. The zero-order valence-corrected chi connectivity index (χ0v) is 13.1. The van der Waals surface area contributed by atoms with Gasteiger partial charge >= 0.3 is 5.97 Å². The maximum absolute atomic E-state index is 12.6. The van der Waals surface area contributed by atoms with E-state index in [-0.39, 0.29) is 12.1 Å². The van der Waals surface area contributed by atoms with Crippen LogP contribution in [0.15, 0.2) is 40.8 Å². The van der Waals surface area contributed by atoms with E-state index >= 15 is 0 Å². The second-order valence-corrected chi connectivity index (χ2v) is 5.88. The molecular weight excluding hydrogens is 324 g/mol. The number of benzene rings is 1. The number of nitrogens with zero attached hydrogens (tertiary/aromatic N) is 2. The fourth-order valence-corrected chi connectivity index (χ4v) is 3.16. The molecule has 0 amide bonds. The van der Waals surface area contributed by atoms with Gasteiger partial charge in [-0.3, -0.25) is 14.2 Å². The minimum atomic E-state index is -0.494. The number of aromatic nitrogens is 2. The van der Waals surface area contributed by atoms with Gasteiger partial charge in [0.1, 0.15) is 11.4 Å². The fraction of sp³-hybridized carbons (Fsp3) is 0.133. The van der Waals surface area contributed by atoms with Gasteiger partial charge in [-0.1, -0.05) is 23.7 Å². The summed E-state index contributed by atoms with van der Waals surface area (Å²) in [6.45, 7) is -0.159. The molecule has 0 fully saturated rings. The van der Waals surface area contributed by atoms with E-state index in [0.29, 0.717) is 15.2 Å². The van der Waals surface area contributed by atoms with E-state index in [1.807, 2.05) is 17.5 Å². The minimum Gasteiger partial charge on any atom is -0.468 e. The van der Waals surface area contributed by atoms with Gasteiger partial charge in [0.2, 0.25) is 0 Å². The SMILES string of the molecule is COC(=O)Cn1cnc2scc(-c3ccc(Cl)cc3)c2c1=O. The quantitative estimate of drug-likeness (QED) is 0.691. The number of carbonyl (C=O) groups is 1. The van der Waals surface area contributed by atoms with Gasteiger partial charge in [-0.2, -0.15) is 0 Å². The van der Waals surface area contributed by atoms with Crippen molar-refractivity contribution in [3.05, 3.63) is 51.3 Å². The molecule has 0 unspecified atom stereocenters. The normalized spacial score (nSPS) is 10.8. The number of hydrogen-bond acceptors (Lipinski definition) is 5. The van der Waals surface area contributed by atoms with E-state index < -0.39 is 5.97 Å². The highest BCUT2D eigenvalue weighted by molar-refractivity contribution is 7.17. The molecule has 112 valence electrons. The smallest absolute Gasteiger partial charge is 0.325 e. The summed E-state index contributed by atoms with van der Waals surface area (Å²) < 4.78 is 5.84. The lowest BCUT2D eigenvalue weighted by Crippen LogP contribution is -2.25. The molecule has 0 bridgehead atoms. The number of fused-ring (bicyclic) bond motifs is 1. The lowest BCUT2D eigenvalue weighted by Gasteiger charge is -2.05. The first kappa shape index (κ1) is 14.7. The Balaban J connectivity index is 2.16. The second kappa shape index (κ2) is 5.90. The summed E-state index contributed by atoms with van der Waals surface area (Å²) in [4.78, 5) is 28.9. The van der Waals surface area contributed by atoms with Crippen LogP contribution in [0, 0.1) is 0 Å². The van der Waals surface area contributed by atoms with Gasteiger partial charge in [-0.05, 0) is 17.7 Å². The van der Waals surface area contributed by atoms with Gasteiger partial charge in [0.15, 0.2) is 0 Å². The summed E-state index contributed by atoms with van der Waals surface area (Å²) in [5, 5.41) is 3.01. The van der Waals surface area contributed by atoms with Crippen molar-refractivity contribution in [3.8, 4) is 11.1 Å². The van der Waals surface area contributed by atoms with Gasteiger partial charge in [0.05, 0.1) is 18.8 Å². The molecule has 0 aliphatic heterocycles. The first-order chi connectivity index (χ1) is 10.6. The number of carbonyl (C=O) groups excluding carboxylic acids is 1. The fourth-order valence-electron chi connectivity index (χ4n) is 2.13. The zero-order chi connectivity index (χ0) is 15.7. The first-order valence-corrected chi connectivity index (χ1v) is 7.65. The molecule has 0 radical (unpaired) electrons. The molecule has 0 N–H and O–H groups in total. The monoisotopic (exact) mass is 334 g/mol. The van der Waals surface area contributed by atoms with Gasteiger partial charge in [-0.25, -0.2) is 4.98 Å². The standard InChI is InChI=1S/C15H11ClN2O3S/c1-21-12(19)6-18-8-17-14-13(15(18)20)11(7-22-14)9-2-4-10(16)5-3-9/h2-5,7-8H,6H2,1H3. The van der Waals surface area contributed by atoms with Crippen molar-refractivity contribution >= 4 is 39.1 Å². The lowest BCUT2D eigenvalue weighted by atomic mass is 10.1. The number of rotatable bonds is 3. The zero-order valence-electron chi connectivity index (χ0n) is 11.6. The van der Waals surface area contributed by atoms with E-state index in [2.05, 4.69) is 9.72 Å². The molecule has 3 rings (SSSR count). The maximum Gasteiger partial charge on any atom is 0.325 e. The third kappa shape index (κ3) is 2.63. The van der Waals surface area contributed by atoms with E-state index in [9.17, 15) is 9.59 Å². The van der Waals surface area contributed by atoms with Crippen molar-refractivity contribution in [3.63, 3.8) is 0 Å². The van der Waals surface area contributed by atoms with E-state index in [0.717, 1.165) is 11.1 Å². The number of halogens is 1. The van der Waals surface area contributed by atoms with Gasteiger partial charge in [0.25, 0.3) is 5.56 Å². The Morgan fingerprint density at radius 1 is 1.36 bits per heavy atom. The summed E-state index contributed by atoms with van der Waals surface area (Å²) in [5.41, 5.74) is 1.40. The molecule has 0 aliphatic carbocycles. The predicted molar refractivity (Wildman–Crippen MR) is 86.3 cm³/mol. The highest BCUT2D eigenvalue weighted by Gasteiger charge is 2.14. The van der Waals surface area contributed by atoms with Gasteiger partial charge < -0.3 is 4.74 Å². The Hall–Kier alpha value is -2.18. The van der Waals surface area contributed by atoms with Crippen molar-refractivity contribution in [1.82, 2.24) is 9.55 Å². The topological polar surface area (TPSA) is 61.2 Å². The number of ether oxygens (including phenoxy) is 1. The number of esters is 1. The maximum atomic E-state index is 12.6. The molecule has 0 saturated heterocycles. The molecule has 1 aromatic carbocycles. The van der Waals surface area contributed by atoms with Crippen LogP contribution in [-0.4, -0.2) is 22.6 Å². The van der Waals surface area contributed by atoms with Gasteiger partial charge in [0, 0.05) is 16.0 Å². The van der Waals surface area contributed by atoms with Crippen LogP contribution < -0.4 is 5.56 Å². The van der Waals surface area contributed by atoms with Crippen LogP contribution in [0.25, 0.3) is 21.3 Å². The molecule has 0 aliphatic rings. The molecule has 2 heterocycles. The van der Waals surface area contributed by atoms with Crippen LogP contribution >= 0.6 is 22.9 Å². The number of thiophene rings is 1. The number of hydrogen-bond donors (Lipinski definition) is 0. The largest absolute Gasteiger partial charge is 0.468 e. The molecule has 0 atom stereocenters. The average Bonchev–Trinajstić information content (AvgIpc) is 2.95. The minimum absolute atomic E-state index is 0.159. The molecule has 3 aromatic rings. The van der Waals surface area contributed by atoms with Crippen LogP contribution in [0.1, 0.15) is 0 Å². The summed E-state index contributed by atoms with van der Waals surface area (Å²) in [6, 6.07) is 7.23. The molecular formula is C15H11ClN2O3S. The van der Waals surface area contributed by atoms with Crippen molar-refractivity contribution in [1.29, 1.82) is 0 Å². The van der Waals surface area contributed by atoms with Crippen LogP contribution in [0.2, 0.25) is 5.02 Å². The Morgan fingerprint density at radius 3 is 2.77 bits per heavy atom. The van der Waals surface area contributed by atoms with Gasteiger partial charge in [-0.15, -0.1) is 11.3 Å². The highest BCUT2D eigenvalue weighted by atomic mass is 35.5. The van der Waals surface area contributed by atoms with Crippen LogP contribution in [0.4, 0.5) is 0 Å². The summed E-state index contributed by atoms with van der Waals surface area (Å²) >= 11 is 7.28. The first-order valence-electron chi connectivity index (χ1n) is 6.39. The third-order valence-corrected chi connectivity index (χ3v) is 4.38. The average molecular weight is 335 g/mol. The van der Waals surface area contributed by atoms with Crippen LogP contribution in [0.5, 0.6) is 0 Å². The van der Waals surface area contributed by atoms with Crippen LogP contribution in [0.3, 0.4) is 0 Å². The highest BCUT2D eigenvalue weighted by Crippen LogP contribution is 2.31. The molecule has 5 nitrogen and oxygen atoms in total. The van der Waals surface area contributed by atoms with Crippen molar-refractivity contribution in [2.24, 2.45) is 0 Å². The molecule has 22 heavy (non-hydrogen) atoms. The van der Waals surface area contributed by atoms with E-state index in [1.165, 1.54) is 29.3 Å². The molecule has 2 aromatic heterocycles. The van der Waals surface area contributed by atoms with Crippen LogP contribution in [-0.2, 0) is 16.1 Å². The summed E-state index contributed by atoms with van der Waals surface area (Å²) in [6.07, 6.45) is 1.36. The van der Waals surface area contributed by atoms with E-state index in [4.69, 9.17) is 11.6 Å². The molecule has 0 saturated carbocycles. The predicted octanol–water partition coefficient (Wildman–Crippen LogP) is 2.95. The Morgan fingerprint density at radius 2 is 2.09 bits per heavy atom. The Bertz CT molecular complexity index is 899. The Kier molecular flexibility index (Phi) is 3.96. The lowest BCUT2D eigenvalue weighted by molar-refractivity contribution is -0.141.